The second kappa shape index (κ2) is 2.96. The van der Waals surface area contributed by atoms with E-state index in [2.05, 4.69) is 0 Å². The van der Waals surface area contributed by atoms with Crippen molar-refractivity contribution in [3.63, 3.8) is 0 Å². The molecule has 1 fully saturated rings. The maximum atomic E-state index is 13.0. The number of halogens is 2. The normalized spacial score (nSPS) is 19.6. The molecular formula is C10H10ClFO. The van der Waals surface area contributed by atoms with Gasteiger partial charge in [0.2, 0.25) is 0 Å². The van der Waals surface area contributed by atoms with Crippen LogP contribution in [0, 0.1) is 5.82 Å². The average Bonchev–Trinajstić information content (AvgIpc) is 2.06. The maximum absolute atomic E-state index is 13.0. The lowest BCUT2D eigenvalue weighted by Crippen LogP contribution is -2.33. The Morgan fingerprint density at radius 1 is 1.38 bits per heavy atom. The molecule has 0 saturated heterocycles. The van der Waals surface area contributed by atoms with E-state index >= 15 is 0 Å². The van der Waals surface area contributed by atoms with Crippen LogP contribution >= 0.6 is 11.6 Å². The molecule has 0 spiro atoms. The summed E-state index contributed by atoms with van der Waals surface area (Å²) in [7, 11) is 0. The molecular weight excluding hydrogens is 191 g/mol. The van der Waals surface area contributed by atoms with E-state index in [9.17, 15) is 9.50 Å². The second-order valence-corrected chi connectivity index (χ2v) is 3.92. The van der Waals surface area contributed by atoms with Gasteiger partial charge in [0.15, 0.2) is 0 Å². The first-order valence-corrected chi connectivity index (χ1v) is 4.67. The van der Waals surface area contributed by atoms with E-state index in [1.54, 1.807) is 6.07 Å². The number of hydrogen-bond acceptors (Lipinski definition) is 1. The van der Waals surface area contributed by atoms with Gasteiger partial charge in [-0.1, -0.05) is 17.7 Å². The van der Waals surface area contributed by atoms with Crippen LogP contribution in [-0.2, 0) is 5.60 Å². The third kappa shape index (κ3) is 1.45. The van der Waals surface area contributed by atoms with Gasteiger partial charge < -0.3 is 5.11 Å². The van der Waals surface area contributed by atoms with Crippen LogP contribution in [0.25, 0.3) is 0 Å². The van der Waals surface area contributed by atoms with Gasteiger partial charge in [0, 0.05) is 0 Å². The zero-order valence-electron chi connectivity index (χ0n) is 7.06. The van der Waals surface area contributed by atoms with Gasteiger partial charge in [0.1, 0.15) is 5.82 Å². The monoisotopic (exact) mass is 200 g/mol. The largest absolute Gasteiger partial charge is 0.385 e. The number of aliphatic hydroxyl groups is 1. The minimum Gasteiger partial charge on any atom is -0.385 e. The van der Waals surface area contributed by atoms with Gasteiger partial charge in [0.05, 0.1) is 10.6 Å². The van der Waals surface area contributed by atoms with Gasteiger partial charge in [-0.05, 0) is 37.0 Å². The molecule has 70 valence electrons. The summed E-state index contributed by atoms with van der Waals surface area (Å²) in [4.78, 5) is 0. The van der Waals surface area contributed by atoms with Crippen molar-refractivity contribution in [2.75, 3.05) is 0 Å². The Morgan fingerprint density at radius 2 is 2.08 bits per heavy atom. The van der Waals surface area contributed by atoms with Crippen molar-refractivity contribution in [1.82, 2.24) is 0 Å². The standard InChI is InChI=1S/C10H10ClFO/c11-8-3-2-7(6-9(8)12)10(13)4-1-5-10/h2-3,6,13H,1,4-5H2. The summed E-state index contributed by atoms with van der Waals surface area (Å²) in [6.07, 6.45) is 2.43. The summed E-state index contributed by atoms with van der Waals surface area (Å²) in [5, 5.41) is 9.99. The van der Waals surface area contributed by atoms with Crippen LogP contribution < -0.4 is 0 Å². The van der Waals surface area contributed by atoms with Crippen LogP contribution in [0.1, 0.15) is 24.8 Å². The summed E-state index contributed by atoms with van der Waals surface area (Å²) in [6, 6.07) is 4.49. The fourth-order valence-electron chi connectivity index (χ4n) is 1.59. The molecule has 1 aliphatic rings. The van der Waals surface area contributed by atoms with Gasteiger partial charge >= 0.3 is 0 Å². The maximum Gasteiger partial charge on any atom is 0.142 e. The molecule has 1 N–H and O–H groups in total. The van der Waals surface area contributed by atoms with Crippen LogP contribution in [0.2, 0.25) is 5.02 Å². The van der Waals surface area contributed by atoms with E-state index in [4.69, 9.17) is 11.6 Å². The second-order valence-electron chi connectivity index (χ2n) is 3.51. The lowest BCUT2D eigenvalue weighted by molar-refractivity contribution is -0.0390. The van der Waals surface area contributed by atoms with Crippen molar-refractivity contribution >= 4 is 11.6 Å². The Morgan fingerprint density at radius 3 is 2.54 bits per heavy atom. The van der Waals surface area contributed by atoms with Gasteiger partial charge in [-0.15, -0.1) is 0 Å². The minimum absolute atomic E-state index is 0.103. The predicted octanol–water partition coefficient (Wildman–Crippen LogP) is 2.85. The molecule has 0 heterocycles. The van der Waals surface area contributed by atoms with E-state index in [1.807, 2.05) is 0 Å². The molecule has 3 heteroatoms. The number of hydrogen-bond donors (Lipinski definition) is 1. The first-order valence-electron chi connectivity index (χ1n) is 4.30. The molecule has 0 unspecified atom stereocenters. The van der Waals surface area contributed by atoms with Crippen molar-refractivity contribution < 1.29 is 9.50 Å². The van der Waals surface area contributed by atoms with Crippen LogP contribution in [0.5, 0.6) is 0 Å². The highest BCUT2D eigenvalue weighted by atomic mass is 35.5. The summed E-state index contributed by atoms with van der Waals surface area (Å²) in [5.41, 5.74) is -0.161. The fraction of sp³-hybridized carbons (Fsp3) is 0.400. The van der Waals surface area contributed by atoms with Crippen molar-refractivity contribution in [2.24, 2.45) is 0 Å². The van der Waals surface area contributed by atoms with Crippen molar-refractivity contribution in [3.05, 3.63) is 34.6 Å². The van der Waals surface area contributed by atoms with Crippen molar-refractivity contribution in [1.29, 1.82) is 0 Å². The van der Waals surface area contributed by atoms with E-state index in [0.29, 0.717) is 18.4 Å². The number of rotatable bonds is 1. The molecule has 0 bridgehead atoms. The molecule has 0 radical (unpaired) electrons. The third-order valence-corrected chi connectivity index (χ3v) is 2.94. The Bertz CT molecular complexity index is 334. The zero-order valence-corrected chi connectivity index (χ0v) is 7.81. The molecule has 0 amide bonds. The first kappa shape index (κ1) is 8.97. The molecule has 13 heavy (non-hydrogen) atoms. The average molecular weight is 201 g/mol. The van der Waals surface area contributed by atoms with Gasteiger partial charge in [0.25, 0.3) is 0 Å². The minimum atomic E-state index is -0.800. The first-order chi connectivity index (χ1) is 6.12. The fourth-order valence-corrected chi connectivity index (χ4v) is 1.70. The van der Waals surface area contributed by atoms with Gasteiger partial charge in [-0.2, -0.15) is 0 Å². The predicted molar refractivity (Wildman–Crippen MR) is 49.2 cm³/mol. The summed E-state index contributed by atoms with van der Waals surface area (Å²) < 4.78 is 13.0. The van der Waals surface area contributed by atoms with Crippen LogP contribution in [-0.4, -0.2) is 5.11 Å². The Kier molecular flexibility index (Phi) is 2.05. The molecule has 0 atom stereocenters. The van der Waals surface area contributed by atoms with Crippen LogP contribution in [0.4, 0.5) is 4.39 Å². The lowest BCUT2D eigenvalue weighted by atomic mass is 9.75. The molecule has 1 nitrogen and oxygen atoms in total. The summed E-state index contributed by atoms with van der Waals surface area (Å²) in [6.45, 7) is 0. The molecule has 1 aromatic carbocycles. The lowest BCUT2D eigenvalue weighted by Gasteiger charge is -2.37. The molecule has 2 rings (SSSR count). The third-order valence-electron chi connectivity index (χ3n) is 2.64. The summed E-state index contributed by atoms with van der Waals surface area (Å²) in [5.74, 6) is -0.459. The molecule has 0 aromatic heterocycles. The van der Waals surface area contributed by atoms with E-state index in [-0.39, 0.29) is 5.02 Å². The Balaban J connectivity index is 2.36. The van der Waals surface area contributed by atoms with E-state index < -0.39 is 11.4 Å². The molecule has 0 aliphatic heterocycles. The topological polar surface area (TPSA) is 20.2 Å². The van der Waals surface area contributed by atoms with Crippen LogP contribution in [0.15, 0.2) is 18.2 Å². The van der Waals surface area contributed by atoms with Crippen molar-refractivity contribution in [2.45, 2.75) is 24.9 Å². The Labute approximate surface area is 81.1 Å². The zero-order chi connectivity index (χ0) is 9.47. The molecule has 1 aromatic rings. The SMILES string of the molecule is OC1(c2ccc(Cl)c(F)c2)CCC1. The summed E-state index contributed by atoms with van der Waals surface area (Å²) >= 11 is 5.54. The van der Waals surface area contributed by atoms with E-state index in [0.717, 1.165) is 6.42 Å². The van der Waals surface area contributed by atoms with Gasteiger partial charge in [-0.25, -0.2) is 4.39 Å². The highest BCUT2D eigenvalue weighted by Crippen LogP contribution is 2.41. The molecule has 1 saturated carbocycles. The van der Waals surface area contributed by atoms with Crippen molar-refractivity contribution in [3.8, 4) is 0 Å². The number of benzene rings is 1. The highest BCUT2D eigenvalue weighted by molar-refractivity contribution is 6.30. The van der Waals surface area contributed by atoms with Gasteiger partial charge in [-0.3, -0.25) is 0 Å². The Hall–Kier alpha value is -0.600. The van der Waals surface area contributed by atoms with E-state index in [1.165, 1.54) is 12.1 Å². The quantitative estimate of drug-likeness (QED) is 0.739. The van der Waals surface area contributed by atoms with Crippen LogP contribution in [0.3, 0.4) is 0 Å². The highest BCUT2D eigenvalue weighted by Gasteiger charge is 2.36. The molecule has 1 aliphatic carbocycles. The smallest absolute Gasteiger partial charge is 0.142 e.